The Hall–Kier alpha value is -2.02. The summed E-state index contributed by atoms with van der Waals surface area (Å²) in [6.07, 6.45) is 1.73. The number of benzene rings is 1. The number of morpholine rings is 1. The Morgan fingerprint density at radius 3 is 2.84 bits per heavy atom. The topological polar surface area (TPSA) is 55.0 Å². The zero-order valence-corrected chi connectivity index (χ0v) is 14.8. The summed E-state index contributed by atoms with van der Waals surface area (Å²) in [5.41, 5.74) is 0.896. The van der Waals surface area contributed by atoms with Crippen LogP contribution in [0.4, 0.5) is 0 Å². The molecule has 0 saturated carbocycles. The number of amides is 1. The largest absolute Gasteiger partial charge is 0.457 e. The predicted molar refractivity (Wildman–Crippen MR) is 99.6 cm³/mol. The van der Waals surface area contributed by atoms with Gasteiger partial charge in [-0.1, -0.05) is 23.7 Å². The Bertz CT molecular complexity index is 869. The molecule has 0 N–H and O–H groups in total. The van der Waals surface area contributed by atoms with E-state index in [4.69, 9.17) is 20.8 Å². The summed E-state index contributed by atoms with van der Waals surface area (Å²) >= 11 is 7.40. The minimum Gasteiger partial charge on any atom is -0.457 e. The van der Waals surface area contributed by atoms with Gasteiger partial charge in [0.1, 0.15) is 11.5 Å². The highest BCUT2D eigenvalue weighted by Crippen LogP contribution is 2.32. The van der Waals surface area contributed by atoms with Crippen molar-refractivity contribution in [2.45, 2.75) is 0 Å². The minimum atomic E-state index is -0.229. The van der Waals surface area contributed by atoms with Crippen molar-refractivity contribution < 1.29 is 13.9 Å². The Kier molecular flexibility index (Phi) is 4.65. The summed E-state index contributed by atoms with van der Waals surface area (Å²) in [6, 6.07) is 11.2. The molecule has 4 rings (SSSR count). The molecular weight excluding hydrogens is 360 g/mol. The zero-order chi connectivity index (χ0) is 17.2. The fraction of sp³-hybridized carbons (Fsp3) is 0.222. The molecule has 7 heteroatoms. The maximum atomic E-state index is 12.2. The van der Waals surface area contributed by atoms with Crippen molar-refractivity contribution >= 4 is 40.5 Å². The van der Waals surface area contributed by atoms with Gasteiger partial charge in [-0.2, -0.15) is 4.99 Å². The number of nitrogens with zero attached hydrogens (tertiary/aromatic N) is 2. The average Bonchev–Trinajstić information content (AvgIpc) is 3.24. The van der Waals surface area contributed by atoms with Crippen molar-refractivity contribution in [2.75, 3.05) is 26.3 Å². The molecule has 1 fully saturated rings. The summed E-state index contributed by atoms with van der Waals surface area (Å²) in [5, 5.41) is 1.39. The van der Waals surface area contributed by atoms with Crippen LogP contribution in [0.2, 0.25) is 5.02 Å². The Morgan fingerprint density at radius 2 is 2.04 bits per heavy atom. The summed E-state index contributed by atoms with van der Waals surface area (Å²) in [6.45, 7) is 2.83. The lowest BCUT2D eigenvalue weighted by Gasteiger charge is -2.27. The van der Waals surface area contributed by atoms with Crippen LogP contribution in [0.1, 0.15) is 5.76 Å². The normalized spacial score (nSPS) is 19.6. The van der Waals surface area contributed by atoms with Crippen LogP contribution in [0.3, 0.4) is 0 Å². The molecule has 2 aromatic rings. The SMILES string of the molecule is O=C1N=C(N2CCOCC2)SC1=Cc1ccc(-c2cccc(Cl)c2)o1. The minimum absolute atomic E-state index is 0.229. The third-order valence-corrected chi connectivity index (χ3v) is 5.18. The summed E-state index contributed by atoms with van der Waals surface area (Å²) in [7, 11) is 0. The van der Waals surface area contributed by atoms with Crippen molar-refractivity contribution in [3.63, 3.8) is 0 Å². The van der Waals surface area contributed by atoms with E-state index < -0.39 is 0 Å². The maximum absolute atomic E-state index is 12.2. The highest BCUT2D eigenvalue weighted by molar-refractivity contribution is 8.18. The Morgan fingerprint density at radius 1 is 1.20 bits per heavy atom. The third-order valence-electron chi connectivity index (χ3n) is 3.90. The second-order valence-electron chi connectivity index (χ2n) is 5.62. The number of hydrogen-bond acceptors (Lipinski definition) is 5. The Balaban J connectivity index is 1.51. The molecule has 128 valence electrons. The van der Waals surface area contributed by atoms with Gasteiger partial charge in [0.15, 0.2) is 5.17 Å². The number of furan rings is 1. The molecule has 1 saturated heterocycles. The van der Waals surface area contributed by atoms with E-state index in [-0.39, 0.29) is 5.91 Å². The summed E-state index contributed by atoms with van der Waals surface area (Å²) < 4.78 is 11.2. The van der Waals surface area contributed by atoms with Crippen LogP contribution >= 0.6 is 23.4 Å². The molecule has 0 bridgehead atoms. The van der Waals surface area contributed by atoms with Gasteiger partial charge >= 0.3 is 0 Å². The summed E-state index contributed by atoms with van der Waals surface area (Å²) in [4.78, 5) is 18.9. The predicted octanol–water partition coefficient (Wildman–Crippen LogP) is 3.90. The average molecular weight is 375 g/mol. The van der Waals surface area contributed by atoms with Gasteiger partial charge in [0.05, 0.1) is 18.1 Å². The van der Waals surface area contributed by atoms with Crippen molar-refractivity contribution in [3.8, 4) is 11.3 Å². The molecule has 2 aliphatic heterocycles. The highest BCUT2D eigenvalue weighted by atomic mass is 35.5. The van der Waals surface area contributed by atoms with Crippen molar-refractivity contribution in [1.29, 1.82) is 0 Å². The number of amidine groups is 1. The number of thioether (sulfide) groups is 1. The number of aliphatic imine (C=N–C) groups is 1. The Labute approximate surface area is 154 Å². The fourth-order valence-corrected chi connectivity index (χ4v) is 3.78. The first-order valence-electron chi connectivity index (χ1n) is 7.90. The van der Waals surface area contributed by atoms with Gasteiger partial charge in [-0.15, -0.1) is 0 Å². The van der Waals surface area contributed by atoms with Crippen molar-refractivity contribution in [2.24, 2.45) is 4.99 Å². The molecule has 1 aromatic heterocycles. The lowest BCUT2D eigenvalue weighted by atomic mass is 10.2. The number of rotatable bonds is 2. The summed E-state index contributed by atoms with van der Waals surface area (Å²) in [5.74, 6) is 1.09. The first-order valence-corrected chi connectivity index (χ1v) is 9.09. The maximum Gasteiger partial charge on any atom is 0.286 e. The molecule has 5 nitrogen and oxygen atoms in total. The van der Waals surface area contributed by atoms with Crippen LogP contribution in [0.15, 0.2) is 50.7 Å². The molecule has 25 heavy (non-hydrogen) atoms. The molecule has 1 amide bonds. The van der Waals surface area contributed by atoms with Crippen LogP contribution in [0.25, 0.3) is 17.4 Å². The number of halogens is 1. The van der Waals surface area contributed by atoms with E-state index >= 15 is 0 Å². The smallest absolute Gasteiger partial charge is 0.286 e. The molecule has 0 unspecified atom stereocenters. The number of carbonyl (C=O) groups is 1. The monoisotopic (exact) mass is 374 g/mol. The van der Waals surface area contributed by atoms with E-state index in [1.807, 2.05) is 36.4 Å². The van der Waals surface area contributed by atoms with Gasteiger partial charge < -0.3 is 14.1 Å². The van der Waals surface area contributed by atoms with E-state index in [0.29, 0.717) is 34.7 Å². The van der Waals surface area contributed by atoms with Gasteiger partial charge in [0.25, 0.3) is 5.91 Å². The van der Waals surface area contributed by atoms with E-state index in [9.17, 15) is 4.79 Å². The van der Waals surface area contributed by atoms with E-state index in [1.54, 1.807) is 6.08 Å². The molecule has 1 aromatic carbocycles. The van der Waals surface area contributed by atoms with E-state index in [0.717, 1.165) is 23.8 Å². The second-order valence-corrected chi connectivity index (χ2v) is 7.07. The van der Waals surface area contributed by atoms with E-state index in [2.05, 4.69) is 9.89 Å². The molecule has 2 aliphatic rings. The van der Waals surface area contributed by atoms with E-state index in [1.165, 1.54) is 11.8 Å². The third kappa shape index (κ3) is 3.66. The standard InChI is InChI=1S/C18H15ClN2O3S/c19-13-3-1-2-12(10-13)15-5-4-14(24-15)11-16-17(22)20-18(25-16)21-6-8-23-9-7-21/h1-5,10-11H,6-9H2. The molecule has 0 aliphatic carbocycles. The lowest BCUT2D eigenvalue weighted by Crippen LogP contribution is -2.38. The molecular formula is C18H15ClN2O3S. The quantitative estimate of drug-likeness (QED) is 0.746. The van der Waals surface area contributed by atoms with Gasteiger partial charge in [-0.05, 0) is 36.0 Å². The van der Waals surface area contributed by atoms with Crippen LogP contribution in [0.5, 0.6) is 0 Å². The van der Waals surface area contributed by atoms with Crippen LogP contribution in [-0.4, -0.2) is 42.3 Å². The van der Waals surface area contributed by atoms with Crippen molar-refractivity contribution in [1.82, 2.24) is 4.90 Å². The van der Waals surface area contributed by atoms with Crippen molar-refractivity contribution in [3.05, 3.63) is 52.1 Å². The second kappa shape index (κ2) is 7.07. The number of hydrogen-bond donors (Lipinski definition) is 0. The van der Waals surface area contributed by atoms with Crippen LogP contribution in [0, 0.1) is 0 Å². The molecule has 0 spiro atoms. The first kappa shape index (κ1) is 16.4. The first-order chi connectivity index (χ1) is 12.2. The van der Waals surface area contributed by atoms with Crippen LogP contribution < -0.4 is 0 Å². The van der Waals surface area contributed by atoms with Gasteiger partial charge in [0.2, 0.25) is 0 Å². The van der Waals surface area contributed by atoms with Gasteiger partial charge in [0, 0.05) is 29.8 Å². The van der Waals surface area contributed by atoms with Gasteiger partial charge in [-0.3, -0.25) is 4.79 Å². The molecule has 3 heterocycles. The lowest BCUT2D eigenvalue weighted by molar-refractivity contribution is -0.113. The molecule has 0 atom stereocenters. The fourth-order valence-electron chi connectivity index (χ4n) is 2.64. The van der Waals surface area contributed by atoms with Crippen LogP contribution in [-0.2, 0) is 9.53 Å². The van der Waals surface area contributed by atoms with Gasteiger partial charge in [-0.25, -0.2) is 0 Å². The number of carbonyl (C=O) groups excluding carboxylic acids is 1. The zero-order valence-electron chi connectivity index (χ0n) is 13.3. The highest BCUT2D eigenvalue weighted by Gasteiger charge is 2.27. The number of ether oxygens (including phenoxy) is 1. The molecule has 0 radical (unpaired) electrons.